The molecule has 1 saturated heterocycles. The third-order valence-electron chi connectivity index (χ3n) is 4.84. The minimum Gasteiger partial charge on any atom is -0.411 e. The number of hydrogen-bond donors (Lipinski definition) is 1. The average molecular weight is 410 g/mol. The molecule has 1 aliphatic heterocycles. The number of nitrogens with zero attached hydrogens (tertiary/aromatic N) is 4. The molecule has 3 heterocycles. The monoisotopic (exact) mass is 409 g/mol. The second-order valence-electron chi connectivity index (χ2n) is 6.95. The topological polar surface area (TPSA) is 84.1 Å². The Balaban J connectivity index is 1.33. The Kier molecular flexibility index (Phi) is 6.09. The van der Waals surface area contributed by atoms with Crippen molar-refractivity contribution in [1.82, 2.24) is 15.2 Å². The van der Waals surface area contributed by atoms with Gasteiger partial charge in [-0.25, -0.2) is 0 Å². The molecule has 3 aromatic rings. The van der Waals surface area contributed by atoms with Gasteiger partial charge in [0, 0.05) is 42.4 Å². The Labute approximate surface area is 173 Å². The lowest BCUT2D eigenvalue weighted by atomic mass is 10.1. The van der Waals surface area contributed by atoms with Crippen LogP contribution < -0.4 is 10.2 Å². The predicted molar refractivity (Wildman–Crippen MR) is 114 cm³/mol. The lowest BCUT2D eigenvalue weighted by molar-refractivity contribution is -0.115. The van der Waals surface area contributed by atoms with Crippen LogP contribution in [0.3, 0.4) is 0 Å². The largest absolute Gasteiger partial charge is 0.411 e. The van der Waals surface area contributed by atoms with Gasteiger partial charge in [0.15, 0.2) is 0 Å². The Bertz CT molecular complexity index is 939. The first kappa shape index (κ1) is 19.4. The van der Waals surface area contributed by atoms with E-state index in [0.29, 0.717) is 11.1 Å². The number of thioether (sulfide) groups is 1. The highest BCUT2D eigenvalue weighted by Gasteiger charge is 2.19. The van der Waals surface area contributed by atoms with Crippen molar-refractivity contribution in [2.24, 2.45) is 0 Å². The van der Waals surface area contributed by atoms with Gasteiger partial charge in [-0.3, -0.25) is 9.78 Å². The first-order valence-corrected chi connectivity index (χ1v) is 10.6. The van der Waals surface area contributed by atoms with E-state index >= 15 is 0 Å². The van der Waals surface area contributed by atoms with E-state index in [-0.39, 0.29) is 11.2 Å². The molecule has 1 unspecified atom stereocenters. The third-order valence-corrected chi connectivity index (χ3v) is 5.77. The van der Waals surface area contributed by atoms with Crippen LogP contribution in [-0.4, -0.2) is 39.4 Å². The molecule has 0 bridgehead atoms. The Hall–Kier alpha value is -2.87. The van der Waals surface area contributed by atoms with Crippen molar-refractivity contribution in [3.8, 4) is 11.5 Å². The van der Waals surface area contributed by atoms with E-state index < -0.39 is 0 Å². The van der Waals surface area contributed by atoms with Crippen molar-refractivity contribution in [3.05, 3.63) is 48.8 Å². The second kappa shape index (κ2) is 9.09. The van der Waals surface area contributed by atoms with Crippen LogP contribution in [0.5, 0.6) is 0 Å². The summed E-state index contributed by atoms with van der Waals surface area (Å²) in [5.74, 6) is 0.306. The summed E-state index contributed by atoms with van der Waals surface area (Å²) in [5, 5.41) is 11.0. The van der Waals surface area contributed by atoms with Gasteiger partial charge in [-0.2, -0.15) is 0 Å². The smallest absolute Gasteiger partial charge is 0.277 e. The molecule has 1 aromatic carbocycles. The maximum atomic E-state index is 12.5. The van der Waals surface area contributed by atoms with Crippen LogP contribution in [0.1, 0.15) is 26.2 Å². The fourth-order valence-electron chi connectivity index (χ4n) is 3.22. The standard InChI is InChI=1S/C21H23N5O2S/c1-15(29-21-25-24-20(28-21)16-9-11-22-12-10-16)19(27)23-17-5-7-18(8-6-17)26-13-3-2-4-14-26/h5-12,15H,2-4,13-14H2,1H3,(H,23,27). The highest BCUT2D eigenvalue weighted by Crippen LogP contribution is 2.27. The van der Waals surface area contributed by atoms with Crippen LogP contribution in [-0.2, 0) is 4.79 Å². The van der Waals surface area contributed by atoms with Crippen molar-refractivity contribution < 1.29 is 9.21 Å². The number of anilines is 2. The fourth-order valence-corrected chi connectivity index (χ4v) is 3.91. The van der Waals surface area contributed by atoms with Crippen LogP contribution in [0, 0.1) is 0 Å². The van der Waals surface area contributed by atoms with E-state index in [2.05, 4.69) is 37.5 Å². The van der Waals surface area contributed by atoms with Gasteiger partial charge in [0.1, 0.15) is 0 Å². The van der Waals surface area contributed by atoms with Crippen molar-refractivity contribution in [1.29, 1.82) is 0 Å². The first-order chi connectivity index (χ1) is 14.2. The minimum absolute atomic E-state index is 0.107. The van der Waals surface area contributed by atoms with Gasteiger partial charge in [-0.05, 0) is 62.6 Å². The van der Waals surface area contributed by atoms with Gasteiger partial charge in [-0.15, -0.1) is 10.2 Å². The van der Waals surface area contributed by atoms with E-state index in [4.69, 9.17) is 4.42 Å². The molecule has 0 radical (unpaired) electrons. The van der Waals surface area contributed by atoms with Crippen LogP contribution in [0.4, 0.5) is 11.4 Å². The molecule has 0 saturated carbocycles. The van der Waals surface area contributed by atoms with E-state index in [1.54, 1.807) is 24.5 Å². The predicted octanol–water partition coefficient (Wildman–Crippen LogP) is 4.24. The average Bonchev–Trinajstić information content (AvgIpc) is 3.24. The lowest BCUT2D eigenvalue weighted by Gasteiger charge is -2.28. The van der Waals surface area contributed by atoms with Crippen molar-refractivity contribution in [2.45, 2.75) is 36.7 Å². The number of amides is 1. The normalized spacial score (nSPS) is 15.1. The lowest BCUT2D eigenvalue weighted by Crippen LogP contribution is -2.29. The van der Waals surface area contributed by atoms with E-state index in [9.17, 15) is 4.79 Å². The van der Waals surface area contributed by atoms with Crippen LogP contribution in [0.15, 0.2) is 58.4 Å². The SMILES string of the molecule is CC(Sc1nnc(-c2ccncc2)o1)C(=O)Nc1ccc(N2CCCCC2)cc1. The quantitative estimate of drug-likeness (QED) is 0.610. The molecule has 1 aliphatic rings. The zero-order valence-corrected chi connectivity index (χ0v) is 17.1. The zero-order valence-electron chi connectivity index (χ0n) is 16.2. The number of benzene rings is 1. The van der Waals surface area contributed by atoms with E-state index in [0.717, 1.165) is 24.3 Å². The fraction of sp³-hybridized carbons (Fsp3) is 0.333. The molecule has 7 nitrogen and oxygen atoms in total. The summed E-state index contributed by atoms with van der Waals surface area (Å²) < 4.78 is 5.65. The van der Waals surface area contributed by atoms with Gasteiger partial charge in [0.25, 0.3) is 5.22 Å². The van der Waals surface area contributed by atoms with E-state index in [1.165, 1.54) is 36.7 Å². The third kappa shape index (κ3) is 4.95. The summed E-state index contributed by atoms with van der Waals surface area (Å²) in [5.41, 5.74) is 2.79. The molecule has 8 heteroatoms. The maximum absolute atomic E-state index is 12.5. The minimum atomic E-state index is -0.373. The maximum Gasteiger partial charge on any atom is 0.277 e. The summed E-state index contributed by atoms with van der Waals surface area (Å²) in [6, 6.07) is 11.6. The van der Waals surface area contributed by atoms with Gasteiger partial charge in [0.2, 0.25) is 11.8 Å². The molecule has 150 valence electrons. The highest BCUT2D eigenvalue weighted by molar-refractivity contribution is 8.00. The van der Waals surface area contributed by atoms with Crippen LogP contribution in [0.25, 0.3) is 11.5 Å². The Morgan fingerprint density at radius 1 is 1.07 bits per heavy atom. The number of carbonyl (C=O) groups is 1. The number of aromatic nitrogens is 3. The van der Waals surface area contributed by atoms with E-state index in [1.807, 2.05) is 19.1 Å². The summed E-state index contributed by atoms with van der Waals surface area (Å²) in [7, 11) is 0. The van der Waals surface area contributed by atoms with Gasteiger partial charge < -0.3 is 14.6 Å². The molecule has 1 amide bonds. The second-order valence-corrected chi connectivity index (χ2v) is 8.24. The molecule has 1 atom stereocenters. The number of rotatable bonds is 6. The van der Waals surface area contributed by atoms with Gasteiger partial charge >= 0.3 is 0 Å². The number of hydrogen-bond acceptors (Lipinski definition) is 7. The summed E-state index contributed by atoms with van der Waals surface area (Å²) in [6.45, 7) is 4.02. The molecule has 1 fully saturated rings. The Morgan fingerprint density at radius 2 is 1.79 bits per heavy atom. The highest BCUT2D eigenvalue weighted by atomic mass is 32.2. The number of nitrogens with one attached hydrogen (secondary N) is 1. The molecule has 29 heavy (non-hydrogen) atoms. The van der Waals surface area contributed by atoms with Gasteiger partial charge in [-0.1, -0.05) is 11.8 Å². The summed E-state index contributed by atoms with van der Waals surface area (Å²) >= 11 is 1.24. The molecule has 1 N–H and O–H groups in total. The van der Waals surface area contributed by atoms with Crippen LogP contribution in [0.2, 0.25) is 0 Å². The number of pyridine rings is 1. The zero-order chi connectivity index (χ0) is 20.1. The Morgan fingerprint density at radius 3 is 2.52 bits per heavy atom. The van der Waals surface area contributed by atoms with Crippen molar-refractivity contribution in [3.63, 3.8) is 0 Å². The van der Waals surface area contributed by atoms with Crippen LogP contribution >= 0.6 is 11.8 Å². The summed E-state index contributed by atoms with van der Waals surface area (Å²) in [4.78, 5) is 18.9. The molecular weight excluding hydrogens is 386 g/mol. The molecule has 4 rings (SSSR count). The molecule has 0 spiro atoms. The molecular formula is C21H23N5O2S. The van der Waals surface area contributed by atoms with Crippen molar-refractivity contribution >= 4 is 29.0 Å². The molecule has 2 aromatic heterocycles. The number of piperidine rings is 1. The first-order valence-electron chi connectivity index (χ1n) is 9.75. The number of carbonyl (C=O) groups excluding carboxylic acids is 1. The van der Waals surface area contributed by atoms with Crippen molar-refractivity contribution in [2.75, 3.05) is 23.3 Å². The molecule has 0 aliphatic carbocycles. The summed E-state index contributed by atoms with van der Waals surface area (Å²) in [6.07, 6.45) is 7.12. The van der Waals surface area contributed by atoms with Gasteiger partial charge in [0.05, 0.1) is 5.25 Å².